The first-order valence-corrected chi connectivity index (χ1v) is 3.92. The van der Waals surface area contributed by atoms with Gasteiger partial charge in [-0.2, -0.15) is 0 Å². The van der Waals surface area contributed by atoms with E-state index < -0.39 is 0 Å². The summed E-state index contributed by atoms with van der Waals surface area (Å²) < 4.78 is 0.993. The number of rotatable bonds is 0. The van der Waals surface area contributed by atoms with Crippen LogP contribution >= 0.6 is 15.9 Å². The second kappa shape index (κ2) is 6.61. The van der Waals surface area contributed by atoms with Crippen LogP contribution in [-0.4, -0.2) is 0 Å². The van der Waals surface area contributed by atoms with E-state index in [0.717, 1.165) is 10.0 Å². The van der Waals surface area contributed by atoms with Crippen molar-refractivity contribution in [1.82, 2.24) is 0 Å². The number of benzene rings is 1. The molecular weight excluding hydrogens is 247 g/mol. The molecule has 1 rings (SSSR count). The van der Waals surface area contributed by atoms with Crippen LogP contribution < -0.4 is 51.4 Å². The summed E-state index contributed by atoms with van der Waals surface area (Å²) in [5, 5.41) is 2.43. The maximum Gasteiger partial charge on any atom is 1.00 e. The van der Waals surface area contributed by atoms with Crippen LogP contribution in [0.1, 0.15) is 5.56 Å². The molecule has 0 saturated heterocycles. The predicted octanol–water partition coefficient (Wildman–Crippen LogP) is -0.691. The largest absolute Gasteiger partial charge is 1.00 e. The summed E-state index contributed by atoms with van der Waals surface area (Å²) in [5.41, 5.74) is 0.942. The standard InChI is InChI=1S/C8H5BrS.K/c9-8-4-2-1-3-7(8)5-6-10;/h1-4,10H;/q;+1/p-1. The van der Waals surface area contributed by atoms with Crippen LogP contribution in [0.5, 0.6) is 0 Å². The van der Waals surface area contributed by atoms with Crippen molar-refractivity contribution < 1.29 is 51.4 Å². The van der Waals surface area contributed by atoms with Gasteiger partial charge in [0.15, 0.2) is 0 Å². The Kier molecular flexibility index (Phi) is 7.28. The van der Waals surface area contributed by atoms with Crippen LogP contribution in [0.3, 0.4) is 0 Å². The Balaban J connectivity index is 0.000001000. The summed E-state index contributed by atoms with van der Waals surface area (Å²) in [6.07, 6.45) is 0. The average molecular weight is 251 g/mol. The van der Waals surface area contributed by atoms with Gasteiger partial charge < -0.3 is 12.6 Å². The summed E-state index contributed by atoms with van der Waals surface area (Å²) in [6.45, 7) is 0. The minimum atomic E-state index is 0. The van der Waals surface area contributed by atoms with Crippen molar-refractivity contribution in [2.45, 2.75) is 0 Å². The van der Waals surface area contributed by atoms with E-state index in [1.54, 1.807) is 0 Å². The van der Waals surface area contributed by atoms with Crippen molar-refractivity contribution in [3.63, 3.8) is 0 Å². The minimum Gasteiger partial charge on any atom is -0.724 e. The fraction of sp³-hybridized carbons (Fsp3) is 0. The summed E-state index contributed by atoms with van der Waals surface area (Å²) in [6, 6.07) is 7.73. The first kappa shape index (κ1) is 12.1. The molecule has 0 aliphatic rings. The third kappa shape index (κ3) is 4.04. The third-order valence-electron chi connectivity index (χ3n) is 1.06. The summed E-state index contributed by atoms with van der Waals surface area (Å²) >= 11 is 7.86. The zero-order chi connectivity index (χ0) is 7.40. The van der Waals surface area contributed by atoms with E-state index in [9.17, 15) is 0 Å². The normalized spacial score (nSPS) is 7.36. The Morgan fingerprint density at radius 1 is 1.27 bits per heavy atom. The van der Waals surface area contributed by atoms with Crippen LogP contribution in [0.4, 0.5) is 0 Å². The van der Waals surface area contributed by atoms with Gasteiger partial charge in [-0.1, -0.05) is 18.1 Å². The fourth-order valence-corrected chi connectivity index (χ4v) is 1.11. The molecule has 3 heteroatoms. The predicted molar refractivity (Wildman–Crippen MR) is 48.4 cm³/mol. The fourth-order valence-electron chi connectivity index (χ4n) is 0.618. The zero-order valence-electron chi connectivity index (χ0n) is 6.10. The van der Waals surface area contributed by atoms with E-state index in [0.29, 0.717) is 0 Å². The van der Waals surface area contributed by atoms with Gasteiger partial charge in [-0.25, -0.2) is 5.25 Å². The van der Waals surface area contributed by atoms with Crippen molar-refractivity contribution >= 4 is 28.6 Å². The van der Waals surface area contributed by atoms with Gasteiger partial charge in [0.25, 0.3) is 0 Å². The molecular formula is C8H4BrKS. The van der Waals surface area contributed by atoms with E-state index in [1.807, 2.05) is 24.3 Å². The van der Waals surface area contributed by atoms with Crippen LogP contribution in [0, 0.1) is 11.2 Å². The first-order chi connectivity index (χ1) is 4.84. The monoisotopic (exact) mass is 250 g/mol. The molecule has 0 N–H and O–H groups in total. The molecule has 1 aromatic carbocycles. The Labute approximate surface area is 123 Å². The van der Waals surface area contributed by atoms with Crippen LogP contribution in [0.25, 0.3) is 0 Å². The van der Waals surface area contributed by atoms with Gasteiger partial charge in [-0.15, -0.1) is 0 Å². The molecule has 0 amide bonds. The van der Waals surface area contributed by atoms with E-state index >= 15 is 0 Å². The van der Waals surface area contributed by atoms with Gasteiger partial charge in [0.05, 0.1) is 0 Å². The van der Waals surface area contributed by atoms with Gasteiger partial charge in [0.2, 0.25) is 0 Å². The van der Waals surface area contributed by atoms with Crippen molar-refractivity contribution in [3.05, 3.63) is 34.3 Å². The molecule has 0 heterocycles. The number of hydrogen-bond acceptors (Lipinski definition) is 1. The molecule has 0 radical (unpaired) electrons. The SMILES string of the molecule is [K+].[S-]C#Cc1ccccc1Br. The molecule has 0 atom stereocenters. The molecule has 0 aliphatic heterocycles. The zero-order valence-corrected chi connectivity index (χ0v) is 11.6. The number of hydrogen-bond donors (Lipinski definition) is 0. The molecule has 0 aliphatic carbocycles. The Morgan fingerprint density at radius 2 is 1.91 bits per heavy atom. The first-order valence-electron chi connectivity index (χ1n) is 2.72. The molecule has 0 nitrogen and oxygen atoms in total. The van der Waals surface area contributed by atoms with E-state index in [4.69, 9.17) is 0 Å². The van der Waals surface area contributed by atoms with Crippen LogP contribution in [0.2, 0.25) is 0 Å². The molecule has 50 valence electrons. The van der Waals surface area contributed by atoms with Gasteiger partial charge in [-0.05, 0) is 28.1 Å². The summed E-state index contributed by atoms with van der Waals surface area (Å²) in [7, 11) is 0. The maximum absolute atomic E-state index is 4.51. The Morgan fingerprint density at radius 3 is 2.45 bits per heavy atom. The molecule has 0 bridgehead atoms. The van der Waals surface area contributed by atoms with Gasteiger partial charge in [0, 0.05) is 10.0 Å². The van der Waals surface area contributed by atoms with Crippen LogP contribution in [-0.2, 0) is 12.6 Å². The minimum absolute atomic E-state index is 0. The van der Waals surface area contributed by atoms with Gasteiger partial charge >= 0.3 is 51.4 Å². The molecule has 0 unspecified atom stereocenters. The average Bonchev–Trinajstić information content (AvgIpc) is 1.94. The Bertz CT molecular complexity index is 288. The van der Waals surface area contributed by atoms with Crippen molar-refractivity contribution in [3.8, 4) is 11.2 Å². The van der Waals surface area contributed by atoms with Gasteiger partial charge in [0.1, 0.15) is 0 Å². The molecule has 0 saturated carbocycles. The summed E-state index contributed by atoms with van der Waals surface area (Å²) in [5.74, 6) is 2.79. The molecule has 0 spiro atoms. The number of halogens is 1. The smallest absolute Gasteiger partial charge is 0.724 e. The van der Waals surface area contributed by atoms with Crippen molar-refractivity contribution in [2.24, 2.45) is 0 Å². The molecule has 0 aromatic heterocycles. The third-order valence-corrected chi connectivity index (χ3v) is 1.85. The van der Waals surface area contributed by atoms with E-state index in [-0.39, 0.29) is 51.4 Å². The maximum atomic E-state index is 4.51. The van der Waals surface area contributed by atoms with Crippen LogP contribution in [0.15, 0.2) is 28.7 Å². The molecule has 1 aromatic rings. The second-order valence-electron chi connectivity index (χ2n) is 1.71. The molecule has 0 fully saturated rings. The molecule has 11 heavy (non-hydrogen) atoms. The van der Waals surface area contributed by atoms with Crippen molar-refractivity contribution in [1.29, 1.82) is 0 Å². The Hall–Kier alpha value is 1.12. The second-order valence-corrected chi connectivity index (χ2v) is 2.77. The topological polar surface area (TPSA) is 0 Å². The van der Waals surface area contributed by atoms with E-state index in [2.05, 4.69) is 39.7 Å². The van der Waals surface area contributed by atoms with Gasteiger partial charge in [-0.3, -0.25) is 0 Å². The van der Waals surface area contributed by atoms with E-state index in [1.165, 1.54) is 0 Å². The van der Waals surface area contributed by atoms with Crippen molar-refractivity contribution in [2.75, 3.05) is 0 Å². The quantitative estimate of drug-likeness (QED) is 0.334. The summed E-state index contributed by atoms with van der Waals surface area (Å²) in [4.78, 5) is 0.